The van der Waals surface area contributed by atoms with Crippen molar-refractivity contribution in [2.75, 3.05) is 5.32 Å². The van der Waals surface area contributed by atoms with Gasteiger partial charge < -0.3 is 5.32 Å². The maximum Gasteiger partial charge on any atom is 0.277 e. The van der Waals surface area contributed by atoms with Crippen molar-refractivity contribution in [1.82, 2.24) is 14.2 Å². The largest absolute Gasteiger partial charge is 0.322 e. The number of carbonyl (C=O) groups is 2. The van der Waals surface area contributed by atoms with E-state index in [0.717, 1.165) is 12.0 Å². The minimum absolute atomic E-state index is 0.0157. The van der Waals surface area contributed by atoms with Crippen LogP contribution in [0.1, 0.15) is 58.5 Å². The third kappa shape index (κ3) is 3.47. The number of carbonyl (C=O) groups excluding carboxylic acids is 2. The number of hydrogen-bond donors (Lipinski definition) is 1. The fourth-order valence-electron chi connectivity index (χ4n) is 3.19. The van der Waals surface area contributed by atoms with Crippen LogP contribution in [-0.4, -0.2) is 25.9 Å². The van der Waals surface area contributed by atoms with E-state index in [-0.39, 0.29) is 17.2 Å². The number of ketones is 1. The van der Waals surface area contributed by atoms with E-state index in [0.29, 0.717) is 40.9 Å². The standard InChI is InChI=1S/C21H24N4O3/c1-5-9-24-12-22-25-11-16(14(4)19(25)21(24)28)20(27)23-17-10-15(18(26)6-2)8-7-13(17)3/h7-8,10-12H,5-6,9H2,1-4H3,(H,23,27). The molecule has 0 aliphatic rings. The van der Waals surface area contributed by atoms with Crippen LogP contribution in [0.4, 0.5) is 5.69 Å². The number of anilines is 1. The van der Waals surface area contributed by atoms with E-state index in [2.05, 4.69) is 10.4 Å². The van der Waals surface area contributed by atoms with E-state index in [4.69, 9.17) is 0 Å². The second kappa shape index (κ2) is 7.80. The van der Waals surface area contributed by atoms with Gasteiger partial charge in [0.25, 0.3) is 11.5 Å². The first kappa shape index (κ1) is 19.5. The van der Waals surface area contributed by atoms with Crippen LogP contribution >= 0.6 is 0 Å². The molecule has 0 aliphatic heterocycles. The Labute approximate surface area is 163 Å². The number of rotatable bonds is 6. The summed E-state index contributed by atoms with van der Waals surface area (Å²) in [6.45, 7) is 7.97. The molecule has 0 aliphatic carbocycles. The summed E-state index contributed by atoms with van der Waals surface area (Å²) in [5.41, 5.74) is 3.18. The Bertz CT molecular complexity index is 1120. The Morgan fingerprint density at radius 2 is 1.93 bits per heavy atom. The second-order valence-corrected chi connectivity index (χ2v) is 6.85. The van der Waals surface area contributed by atoms with Crippen molar-refractivity contribution < 1.29 is 9.59 Å². The number of aromatic nitrogens is 3. The van der Waals surface area contributed by atoms with Crippen LogP contribution in [0.2, 0.25) is 0 Å². The number of aryl methyl sites for hydroxylation is 3. The van der Waals surface area contributed by atoms with E-state index >= 15 is 0 Å². The van der Waals surface area contributed by atoms with Gasteiger partial charge in [-0.2, -0.15) is 5.10 Å². The van der Waals surface area contributed by atoms with Crippen molar-refractivity contribution in [3.8, 4) is 0 Å². The van der Waals surface area contributed by atoms with E-state index in [1.165, 1.54) is 10.8 Å². The molecule has 0 radical (unpaired) electrons. The summed E-state index contributed by atoms with van der Waals surface area (Å²) in [5.74, 6) is -0.324. The van der Waals surface area contributed by atoms with Gasteiger partial charge in [-0.15, -0.1) is 0 Å². The normalized spacial score (nSPS) is 11.0. The molecule has 7 nitrogen and oxygen atoms in total. The highest BCUT2D eigenvalue weighted by Gasteiger charge is 2.19. The van der Waals surface area contributed by atoms with Gasteiger partial charge >= 0.3 is 0 Å². The molecule has 0 spiro atoms. The van der Waals surface area contributed by atoms with Gasteiger partial charge in [0.15, 0.2) is 5.78 Å². The number of hydrogen-bond acceptors (Lipinski definition) is 4. The second-order valence-electron chi connectivity index (χ2n) is 6.85. The van der Waals surface area contributed by atoms with E-state index in [1.807, 2.05) is 19.9 Å². The van der Waals surface area contributed by atoms with Crippen LogP contribution in [-0.2, 0) is 6.54 Å². The Balaban J connectivity index is 1.99. The molecule has 0 unspecified atom stereocenters. The van der Waals surface area contributed by atoms with Gasteiger partial charge in [-0.3, -0.25) is 19.0 Å². The van der Waals surface area contributed by atoms with Crippen molar-refractivity contribution in [2.24, 2.45) is 0 Å². The lowest BCUT2D eigenvalue weighted by Crippen LogP contribution is -2.23. The van der Waals surface area contributed by atoms with Gasteiger partial charge in [0, 0.05) is 30.4 Å². The fraction of sp³-hybridized carbons (Fsp3) is 0.333. The maximum absolute atomic E-state index is 12.9. The minimum atomic E-state index is -0.339. The van der Waals surface area contributed by atoms with Crippen LogP contribution in [0, 0.1) is 13.8 Å². The number of nitrogens with zero attached hydrogens (tertiary/aromatic N) is 3. The van der Waals surface area contributed by atoms with Gasteiger partial charge in [-0.1, -0.05) is 26.0 Å². The summed E-state index contributed by atoms with van der Waals surface area (Å²) in [5, 5.41) is 7.12. The highest BCUT2D eigenvalue weighted by Crippen LogP contribution is 2.21. The summed E-state index contributed by atoms with van der Waals surface area (Å²) < 4.78 is 3.00. The van der Waals surface area contributed by atoms with E-state index in [9.17, 15) is 14.4 Å². The Morgan fingerprint density at radius 3 is 2.61 bits per heavy atom. The molecule has 0 saturated carbocycles. The zero-order valence-electron chi connectivity index (χ0n) is 16.6. The van der Waals surface area contributed by atoms with Crippen molar-refractivity contribution in [3.05, 3.63) is 63.3 Å². The summed E-state index contributed by atoms with van der Waals surface area (Å²) in [6, 6.07) is 5.26. The average molecular weight is 380 g/mol. The molecule has 3 aromatic rings. The average Bonchev–Trinajstić information content (AvgIpc) is 3.02. The molecule has 3 rings (SSSR count). The number of nitrogens with one attached hydrogen (secondary N) is 1. The monoisotopic (exact) mass is 380 g/mol. The van der Waals surface area contributed by atoms with Crippen LogP contribution < -0.4 is 10.9 Å². The van der Waals surface area contributed by atoms with Gasteiger partial charge in [-0.25, -0.2) is 4.52 Å². The van der Waals surface area contributed by atoms with Crippen molar-refractivity contribution in [2.45, 2.75) is 47.1 Å². The summed E-state index contributed by atoms with van der Waals surface area (Å²) in [4.78, 5) is 37.5. The highest BCUT2D eigenvalue weighted by atomic mass is 16.2. The molecule has 0 bridgehead atoms. The lowest BCUT2D eigenvalue weighted by molar-refractivity contribution is 0.0985. The molecule has 2 heterocycles. The van der Waals surface area contributed by atoms with E-state index in [1.54, 1.807) is 36.7 Å². The molecule has 1 N–H and O–H groups in total. The van der Waals surface area contributed by atoms with Crippen LogP contribution in [0.25, 0.3) is 5.52 Å². The molecular weight excluding hydrogens is 356 g/mol. The first-order chi connectivity index (χ1) is 13.4. The molecular formula is C21H24N4O3. The smallest absolute Gasteiger partial charge is 0.277 e. The van der Waals surface area contributed by atoms with Gasteiger partial charge in [0.1, 0.15) is 11.8 Å². The molecule has 0 atom stereocenters. The predicted octanol–water partition coefficient (Wildman–Crippen LogP) is 3.37. The van der Waals surface area contributed by atoms with Gasteiger partial charge in [0.2, 0.25) is 0 Å². The fourth-order valence-corrected chi connectivity index (χ4v) is 3.19. The predicted molar refractivity (Wildman–Crippen MR) is 108 cm³/mol. The summed E-state index contributed by atoms with van der Waals surface area (Å²) in [7, 11) is 0. The molecule has 0 saturated heterocycles. The van der Waals surface area contributed by atoms with E-state index < -0.39 is 0 Å². The van der Waals surface area contributed by atoms with Gasteiger partial charge in [0.05, 0.1) is 5.56 Å². The Morgan fingerprint density at radius 1 is 1.18 bits per heavy atom. The van der Waals surface area contributed by atoms with Crippen molar-refractivity contribution in [3.63, 3.8) is 0 Å². The lowest BCUT2D eigenvalue weighted by Gasteiger charge is -2.10. The van der Waals surface area contributed by atoms with Crippen LogP contribution in [0.15, 0.2) is 35.5 Å². The quantitative estimate of drug-likeness (QED) is 0.665. The third-order valence-electron chi connectivity index (χ3n) is 4.86. The topological polar surface area (TPSA) is 85.5 Å². The SMILES string of the molecule is CCCn1cnn2cc(C(=O)Nc3cc(C(=O)CC)ccc3C)c(C)c2c1=O. The molecule has 7 heteroatoms. The van der Waals surface area contributed by atoms with Crippen molar-refractivity contribution >= 4 is 22.9 Å². The third-order valence-corrected chi connectivity index (χ3v) is 4.86. The molecule has 28 heavy (non-hydrogen) atoms. The molecule has 0 fully saturated rings. The molecule has 1 aromatic carbocycles. The first-order valence-corrected chi connectivity index (χ1v) is 9.39. The van der Waals surface area contributed by atoms with Gasteiger partial charge in [-0.05, 0) is 37.5 Å². The molecule has 146 valence electrons. The number of fused-ring (bicyclic) bond motifs is 1. The Hall–Kier alpha value is -3.22. The summed E-state index contributed by atoms with van der Waals surface area (Å²) in [6.07, 6.45) is 4.27. The maximum atomic E-state index is 12.9. The summed E-state index contributed by atoms with van der Waals surface area (Å²) >= 11 is 0. The number of amides is 1. The van der Waals surface area contributed by atoms with Crippen LogP contribution in [0.5, 0.6) is 0 Å². The highest BCUT2D eigenvalue weighted by molar-refractivity contribution is 6.07. The number of Topliss-reactive ketones (excluding diaryl/α,β-unsaturated/α-hetero) is 1. The first-order valence-electron chi connectivity index (χ1n) is 9.39. The zero-order chi connectivity index (χ0) is 20.4. The number of benzene rings is 1. The minimum Gasteiger partial charge on any atom is -0.322 e. The van der Waals surface area contributed by atoms with Crippen molar-refractivity contribution in [1.29, 1.82) is 0 Å². The molecule has 2 aromatic heterocycles. The van der Waals surface area contributed by atoms with Crippen LogP contribution in [0.3, 0.4) is 0 Å². The lowest BCUT2D eigenvalue weighted by atomic mass is 10.0. The Kier molecular flexibility index (Phi) is 5.44. The zero-order valence-corrected chi connectivity index (χ0v) is 16.6. The molecule has 1 amide bonds.